The summed E-state index contributed by atoms with van der Waals surface area (Å²) in [7, 11) is 1.94. The zero-order valence-corrected chi connectivity index (χ0v) is 11.9. The quantitative estimate of drug-likeness (QED) is 0.738. The molecule has 0 radical (unpaired) electrons. The van der Waals surface area contributed by atoms with E-state index in [1.807, 2.05) is 30.1 Å². The molecule has 0 bridgehead atoms. The van der Waals surface area contributed by atoms with Crippen LogP contribution in [0.2, 0.25) is 0 Å². The first kappa shape index (κ1) is 12.7. The molecular weight excluding hydrogens is 250 g/mol. The minimum atomic E-state index is 0.759. The molecular formula is C15H19N5. The molecule has 2 N–H and O–H groups in total. The number of hydrogen-bond donors (Lipinski definition) is 1. The van der Waals surface area contributed by atoms with Gasteiger partial charge in [0.05, 0.1) is 16.7 Å². The molecule has 5 heteroatoms. The van der Waals surface area contributed by atoms with Crippen LogP contribution in [0.25, 0.3) is 11.0 Å². The Morgan fingerprint density at radius 3 is 2.80 bits per heavy atom. The highest BCUT2D eigenvalue weighted by atomic mass is 15.2. The number of nitrogens with zero attached hydrogens (tertiary/aromatic N) is 4. The van der Waals surface area contributed by atoms with Crippen molar-refractivity contribution in [1.29, 1.82) is 0 Å². The van der Waals surface area contributed by atoms with Crippen LogP contribution in [-0.2, 0) is 26.4 Å². The first-order valence-corrected chi connectivity index (χ1v) is 6.90. The van der Waals surface area contributed by atoms with E-state index in [1.54, 1.807) is 0 Å². The molecule has 2 aromatic heterocycles. The fourth-order valence-electron chi connectivity index (χ4n) is 2.54. The first-order chi connectivity index (χ1) is 9.67. The molecule has 0 aliphatic rings. The number of anilines is 1. The second-order valence-electron chi connectivity index (χ2n) is 5.01. The Morgan fingerprint density at radius 1 is 1.25 bits per heavy atom. The van der Waals surface area contributed by atoms with Crippen molar-refractivity contribution >= 4 is 16.7 Å². The predicted octanol–water partition coefficient (Wildman–Crippen LogP) is 2.16. The lowest BCUT2D eigenvalue weighted by Crippen LogP contribution is -2.06. The number of aryl methyl sites for hydroxylation is 4. The van der Waals surface area contributed by atoms with Crippen LogP contribution in [0.15, 0.2) is 30.5 Å². The standard InChI is InChI=1S/C15H19N5/c1-3-15-17-13-10-11(16)4-5-14(13)20(15)9-7-12-6-8-19(2)18-12/h4-6,8,10H,3,7,9,16H2,1-2H3. The third-order valence-corrected chi connectivity index (χ3v) is 3.53. The first-order valence-electron chi connectivity index (χ1n) is 6.90. The summed E-state index contributed by atoms with van der Waals surface area (Å²) in [6.07, 6.45) is 3.79. The Balaban J connectivity index is 1.93. The van der Waals surface area contributed by atoms with Gasteiger partial charge in [-0.3, -0.25) is 4.68 Å². The number of hydrogen-bond acceptors (Lipinski definition) is 3. The lowest BCUT2D eigenvalue weighted by molar-refractivity contribution is 0.651. The molecule has 0 aliphatic carbocycles. The van der Waals surface area contributed by atoms with Gasteiger partial charge >= 0.3 is 0 Å². The number of nitrogen functional groups attached to an aromatic ring is 1. The summed E-state index contributed by atoms with van der Waals surface area (Å²) >= 11 is 0. The molecule has 20 heavy (non-hydrogen) atoms. The average molecular weight is 269 g/mol. The van der Waals surface area contributed by atoms with Gasteiger partial charge in [0.15, 0.2) is 0 Å². The van der Waals surface area contributed by atoms with E-state index >= 15 is 0 Å². The molecule has 0 saturated heterocycles. The van der Waals surface area contributed by atoms with E-state index in [1.165, 1.54) is 0 Å². The second kappa shape index (κ2) is 5.00. The fraction of sp³-hybridized carbons (Fsp3) is 0.333. The van der Waals surface area contributed by atoms with Gasteiger partial charge in [0.2, 0.25) is 0 Å². The fourth-order valence-corrected chi connectivity index (χ4v) is 2.54. The minimum Gasteiger partial charge on any atom is -0.399 e. The van der Waals surface area contributed by atoms with Crippen LogP contribution in [0.1, 0.15) is 18.4 Å². The molecule has 3 rings (SSSR count). The van der Waals surface area contributed by atoms with Crippen molar-refractivity contribution in [2.24, 2.45) is 7.05 Å². The van der Waals surface area contributed by atoms with Crippen LogP contribution in [0.5, 0.6) is 0 Å². The highest BCUT2D eigenvalue weighted by Gasteiger charge is 2.10. The van der Waals surface area contributed by atoms with Crippen molar-refractivity contribution in [1.82, 2.24) is 19.3 Å². The number of fused-ring (bicyclic) bond motifs is 1. The average Bonchev–Trinajstić information content (AvgIpc) is 2.99. The number of rotatable bonds is 4. The molecule has 0 amide bonds. The van der Waals surface area contributed by atoms with Crippen LogP contribution in [0.3, 0.4) is 0 Å². The minimum absolute atomic E-state index is 0.759. The van der Waals surface area contributed by atoms with Crippen LogP contribution < -0.4 is 5.73 Å². The van der Waals surface area contributed by atoms with E-state index in [4.69, 9.17) is 5.73 Å². The van der Waals surface area contributed by atoms with E-state index < -0.39 is 0 Å². The third kappa shape index (κ3) is 2.27. The number of nitrogens with two attached hydrogens (primary N) is 1. The van der Waals surface area contributed by atoms with Gasteiger partial charge in [-0.25, -0.2) is 4.98 Å². The van der Waals surface area contributed by atoms with E-state index in [2.05, 4.69) is 33.7 Å². The Hall–Kier alpha value is -2.30. The van der Waals surface area contributed by atoms with Crippen LogP contribution in [-0.4, -0.2) is 19.3 Å². The van der Waals surface area contributed by atoms with Crippen molar-refractivity contribution in [3.63, 3.8) is 0 Å². The monoisotopic (exact) mass is 269 g/mol. The summed E-state index contributed by atoms with van der Waals surface area (Å²) in [5.74, 6) is 1.10. The van der Waals surface area contributed by atoms with Gasteiger partial charge in [0.1, 0.15) is 5.82 Å². The summed E-state index contributed by atoms with van der Waals surface area (Å²) in [5.41, 5.74) is 9.81. The van der Waals surface area contributed by atoms with Gasteiger partial charge in [-0.05, 0) is 24.3 Å². The van der Waals surface area contributed by atoms with Crippen molar-refractivity contribution in [2.45, 2.75) is 26.3 Å². The van der Waals surface area contributed by atoms with Crippen molar-refractivity contribution < 1.29 is 0 Å². The maximum Gasteiger partial charge on any atom is 0.109 e. The Labute approximate surface area is 118 Å². The van der Waals surface area contributed by atoms with Crippen molar-refractivity contribution in [2.75, 3.05) is 5.73 Å². The number of benzene rings is 1. The summed E-state index contributed by atoms with van der Waals surface area (Å²) in [6.45, 7) is 3.02. The Kier molecular flexibility index (Phi) is 3.18. The Morgan fingerprint density at radius 2 is 2.10 bits per heavy atom. The highest BCUT2D eigenvalue weighted by Crippen LogP contribution is 2.20. The molecule has 0 atom stereocenters. The molecule has 2 heterocycles. The number of aromatic nitrogens is 4. The van der Waals surface area contributed by atoms with Crippen molar-refractivity contribution in [3.05, 3.63) is 42.0 Å². The molecule has 0 saturated carbocycles. The lowest BCUT2D eigenvalue weighted by Gasteiger charge is -2.07. The SMILES string of the molecule is CCc1nc2cc(N)ccc2n1CCc1ccn(C)n1. The predicted molar refractivity (Wildman–Crippen MR) is 80.4 cm³/mol. The lowest BCUT2D eigenvalue weighted by atomic mass is 10.2. The van der Waals surface area contributed by atoms with Crippen LogP contribution in [0.4, 0.5) is 5.69 Å². The molecule has 5 nitrogen and oxygen atoms in total. The summed E-state index contributed by atoms with van der Waals surface area (Å²) < 4.78 is 4.10. The summed E-state index contributed by atoms with van der Waals surface area (Å²) in [6, 6.07) is 7.98. The normalized spacial score (nSPS) is 11.3. The molecule has 0 fully saturated rings. The van der Waals surface area contributed by atoms with Crippen LogP contribution >= 0.6 is 0 Å². The smallest absolute Gasteiger partial charge is 0.109 e. The van der Waals surface area contributed by atoms with E-state index in [0.29, 0.717) is 0 Å². The second-order valence-corrected chi connectivity index (χ2v) is 5.01. The zero-order valence-electron chi connectivity index (χ0n) is 11.9. The zero-order chi connectivity index (χ0) is 14.1. The van der Waals surface area contributed by atoms with E-state index in [9.17, 15) is 0 Å². The van der Waals surface area contributed by atoms with Gasteiger partial charge in [-0.2, -0.15) is 5.10 Å². The molecule has 3 aromatic rings. The van der Waals surface area contributed by atoms with Crippen LogP contribution in [0, 0.1) is 0 Å². The maximum absolute atomic E-state index is 5.83. The maximum atomic E-state index is 5.83. The molecule has 0 aliphatic heterocycles. The van der Waals surface area contributed by atoms with Gasteiger partial charge < -0.3 is 10.3 Å². The molecule has 0 unspecified atom stereocenters. The Bertz CT molecular complexity index is 738. The molecule has 104 valence electrons. The van der Waals surface area contributed by atoms with Gasteiger partial charge in [0, 0.05) is 38.3 Å². The third-order valence-electron chi connectivity index (χ3n) is 3.53. The van der Waals surface area contributed by atoms with Gasteiger partial charge in [0.25, 0.3) is 0 Å². The molecule has 0 spiro atoms. The topological polar surface area (TPSA) is 61.7 Å². The largest absolute Gasteiger partial charge is 0.399 e. The van der Waals surface area contributed by atoms with E-state index in [0.717, 1.165) is 47.6 Å². The number of imidazole rings is 1. The van der Waals surface area contributed by atoms with Gasteiger partial charge in [-0.1, -0.05) is 6.92 Å². The van der Waals surface area contributed by atoms with Crippen molar-refractivity contribution in [3.8, 4) is 0 Å². The highest BCUT2D eigenvalue weighted by molar-refractivity contribution is 5.79. The summed E-state index contributed by atoms with van der Waals surface area (Å²) in [5, 5.41) is 4.42. The summed E-state index contributed by atoms with van der Waals surface area (Å²) in [4.78, 5) is 4.67. The van der Waals surface area contributed by atoms with E-state index in [-0.39, 0.29) is 0 Å². The molecule has 1 aromatic carbocycles. The van der Waals surface area contributed by atoms with Gasteiger partial charge in [-0.15, -0.1) is 0 Å².